The highest BCUT2D eigenvalue weighted by atomic mass is 32.1. The predicted octanol–water partition coefficient (Wildman–Crippen LogP) is 1.86. The maximum atomic E-state index is 12.3. The number of carbonyl (C=O) groups excluding carboxylic acids is 2. The van der Waals surface area contributed by atoms with Crippen molar-refractivity contribution in [2.45, 2.75) is 25.3 Å². The van der Waals surface area contributed by atoms with Crippen LogP contribution in [0.3, 0.4) is 0 Å². The molecule has 1 unspecified atom stereocenters. The van der Waals surface area contributed by atoms with Gasteiger partial charge in [-0.1, -0.05) is 12.1 Å². The molecule has 2 amide bonds. The summed E-state index contributed by atoms with van der Waals surface area (Å²) in [6.07, 6.45) is 2.62. The van der Waals surface area contributed by atoms with Gasteiger partial charge in [0.25, 0.3) is 5.91 Å². The molecule has 1 aromatic carbocycles. The molecule has 1 aromatic rings. The third-order valence-electron chi connectivity index (χ3n) is 3.82. The van der Waals surface area contributed by atoms with E-state index in [0.717, 1.165) is 18.5 Å². The summed E-state index contributed by atoms with van der Waals surface area (Å²) in [5, 5.41) is 2.98. The molecule has 5 heteroatoms. The molecule has 1 aliphatic heterocycles. The lowest BCUT2D eigenvalue weighted by molar-refractivity contribution is -0.117. The van der Waals surface area contributed by atoms with Crippen LogP contribution in [0, 0.1) is 5.92 Å². The van der Waals surface area contributed by atoms with E-state index in [1.54, 1.807) is 11.0 Å². The average Bonchev–Trinajstić information content (AvgIpc) is 3.19. The highest BCUT2D eigenvalue weighted by Crippen LogP contribution is 2.29. The van der Waals surface area contributed by atoms with E-state index in [-0.39, 0.29) is 17.7 Å². The Balaban J connectivity index is 1.85. The van der Waals surface area contributed by atoms with Crippen LogP contribution in [-0.4, -0.2) is 30.2 Å². The van der Waals surface area contributed by atoms with E-state index >= 15 is 0 Å². The van der Waals surface area contributed by atoms with E-state index in [9.17, 15) is 9.59 Å². The van der Waals surface area contributed by atoms with Crippen LogP contribution in [-0.2, 0) is 4.79 Å². The smallest absolute Gasteiger partial charge is 0.253 e. The summed E-state index contributed by atoms with van der Waals surface area (Å²) < 4.78 is 0. The van der Waals surface area contributed by atoms with Gasteiger partial charge in [-0.15, -0.1) is 0 Å². The Morgan fingerprint density at radius 2 is 2.10 bits per heavy atom. The first-order valence-corrected chi connectivity index (χ1v) is 7.63. The van der Waals surface area contributed by atoms with Crippen LogP contribution < -0.4 is 10.2 Å². The Morgan fingerprint density at radius 1 is 1.35 bits per heavy atom. The Kier molecular flexibility index (Phi) is 3.70. The van der Waals surface area contributed by atoms with Gasteiger partial charge in [-0.25, -0.2) is 0 Å². The number of carbonyl (C=O) groups is 2. The van der Waals surface area contributed by atoms with Crippen molar-refractivity contribution in [1.29, 1.82) is 0 Å². The summed E-state index contributed by atoms with van der Waals surface area (Å²) in [5.41, 5.74) is 1.31. The summed E-state index contributed by atoms with van der Waals surface area (Å²) in [4.78, 5) is 26.1. The van der Waals surface area contributed by atoms with Gasteiger partial charge in [0.05, 0.1) is 11.3 Å². The minimum Gasteiger partial charge on any atom is -0.349 e. The van der Waals surface area contributed by atoms with Crippen LogP contribution >= 0.6 is 12.6 Å². The first-order valence-electron chi connectivity index (χ1n) is 7.00. The van der Waals surface area contributed by atoms with Crippen molar-refractivity contribution in [1.82, 2.24) is 5.32 Å². The van der Waals surface area contributed by atoms with E-state index in [2.05, 4.69) is 17.9 Å². The van der Waals surface area contributed by atoms with Crippen LogP contribution in [0.15, 0.2) is 24.3 Å². The molecule has 0 radical (unpaired) electrons. The van der Waals surface area contributed by atoms with Crippen molar-refractivity contribution >= 4 is 30.1 Å². The fourth-order valence-corrected chi connectivity index (χ4v) is 2.77. The molecule has 2 aliphatic rings. The number of nitrogens with zero attached hydrogens (tertiary/aromatic N) is 1. The molecule has 2 fully saturated rings. The molecule has 0 aromatic heterocycles. The molecule has 3 rings (SSSR count). The molecule has 0 spiro atoms. The summed E-state index contributed by atoms with van der Waals surface area (Å²) >= 11 is 4.27. The average molecular weight is 290 g/mol. The molecule has 20 heavy (non-hydrogen) atoms. The number of nitrogens with one attached hydrogen (secondary N) is 1. The highest BCUT2D eigenvalue weighted by molar-refractivity contribution is 7.80. The zero-order valence-electron chi connectivity index (χ0n) is 11.2. The van der Waals surface area contributed by atoms with Gasteiger partial charge in [-0.05, 0) is 36.6 Å². The molecule has 1 saturated heterocycles. The van der Waals surface area contributed by atoms with Crippen molar-refractivity contribution in [3.63, 3.8) is 0 Å². The third-order valence-corrected chi connectivity index (χ3v) is 4.33. The lowest BCUT2D eigenvalue weighted by atomic mass is 10.1. The van der Waals surface area contributed by atoms with Gasteiger partial charge >= 0.3 is 0 Å². The number of benzene rings is 1. The second-order valence-corrected chi connectivity index (χ2v) is 5.89. The second-order valence-electron chi connectivity index (χ2n) is 5.52. The maximum Gasteiger partial charge on any atom is 0.253 e. The topological polar surface area (TPSA) is 49.4 Å². The number of anilines is 1. The van der Waals surface area contributed by atoms with Crippen LogP contribution in [0.1, 0.15) is 29.6 Å². The molecule has 106 valence electrons. The van der Waals surface area contributed by atoms with Gasteiger partial charge in [0.1, 0.15) is 0 Å². The standard InChI is InChI=1S/C15H18N2O2S/c18-14-7-10(9-20)8-17(14)13-4-2-1-3-12(13)15(19)16-11-5-6-11/h1-4,10-11,20H,5-9H2,(H,16,19). The summed E-state index contributed by atoms with van der Waals surface area (Å²) in [7, 11) is 0. The Bertz CT molecular complexity index is 542. The van der Waals surface area contributed by atoms with Crippen LogP contribution in [0.2, 0.25) is 0 Å². The van der Waals surface area contributed by atoms with E-state index in [0.29, 0.717) is 30.3 Å². The quantitative estimate of drug-likeness (QED) is 0.832. The Morgan fingerprint density at radius 3 is 2.75 bits per heavy atom. The SMILES string of the molecule is O=C(NC1CC1)c1ccccc1N1CC(CS)CC1=O. The first-order chi connectivity index (χ1) is 9.69. The number of hydrogen-bond acceptors (Lipinski definition) is 3. The molecule has 1 saturated carbocycles. The van der Waals surface area contributed by atoms with Crippen molar-refractivity contribution < 1.29 is 9.59 Å². The monoisotopic (exact) mass is 290 g/mol. The normalized spacial score (nSPS) is 22.1. The number of hydrogen-bond donors (Lipinski definition) is 2. The fraction of sp³-hybridized carbons (Fsp3) is 0.467. The van der Waals surface area contributed by atoms with Gasteiger partial charge in [-0.2, -0.15) is 12.6 Å². The number of thiol groups is 1. The lowest BCUT2D eigenvalue weighted by Crippen LogP contribution is -2.31. The minimum atomic E-state index is -0.0785. The molecule has 1 heterocycles. The molecule has 1 atom stereocenters. The lowest BCUT2D eigenvalue weighted by Gasteiger charge is -2.20. The predicted molar refractivity (Wildman–Crippen MR) is 81.2 cm³/mol. The van der Waals surface area contributed by atoms with Crippen LogP contribution in [0.25, 0.3) is 0 Å². The summed E-state index contributed by atoms with van der Waals surface area (Å²) in [6, 6.07) is 7.65. The van der Waals surface area contributed by atoms with Gasteiger partial charge in [0.2, 0.25) is 5.91 Å². The molecule has 1 N–H and O–H groups in total. The molecule has 0 bridgehead atoms. The fourth-order valence-electron chi connectivity index (χ4n) is 2.53. The van der Waals surface area contributed by atoms with Gasteiger partial charge in [0, 0.05) is 19.0 Å². The largest absolute Gasteiger partial charge is 0.349 e. The maximum absolute atomic E-state index is 12.3. The number of amides is 2. The Hall–Kier alpha value is -1.49. The number of para-hydroxylation sites is 1. The second kappa shape index (κ2) is 5.48. The molecular formula is C15H18N2O2S. The van der Waals surface area contributed by atoms with Crippen molar-refractivity contribution in [2.75, 3.05) is 17.2 Å². The van der Waals surface area contributed by atoms with Gasteiger partial charge in [0.15, 0.2) is 0 Å². The van der Waals surface area contributed by atoms with Gasteiger partial charge < -0.3 is 10.2 Å². The van der Waals surface area contributed by atoms with Crippen LogP contribution in [0.4, 0.5) is 5.69 Å². The summed E-state index contributed by atoms with van der Waals surface area (Å²) in [6.45, 7) is 0.649. The van der Waals surface area contributed by atoms with Crippen molar-refractivity contribution in [3.05, 3.63) is 29.8 Å². The Labute approximate surface area is 123 Å². The zero-order chi connectivity index (χ0) is 14.1. The van der Waals surface area contributed by atoms with Crippen molar-refractivity contribution in [3.8, 4) is 0 Å². The van der Waals surface area contributed by atoms with Crippen molar-refractivity contribution in [2.24, 2.45) is 5.92 Å². The first kappa shape index (κ1) is 13.5. The minimum absolute atomic E-state index is 0.0785. The van der Waals surface area contributed by atoms with E-state index < -0.39 is 0 Å². The van der Waals surface area contributed by atoms with Crippen LogP contribution in [0.5, 0.6) is 0 Å². The highest BCUT2D eigenvalue weighted by Gasteiger charge is 2.32. The summed E-state index contributed by atoms with van der Waals surface area (Å²) in [5.74, 6) is 0.963. The van der Waals surface area contributed by atoms with Gasteiger partial charge in [-0.3, -0.25) is 9.59 Å². The van der Waals surface area contributed by atoms with E-state index in [4.69, 9.17) is 0 Å². The molecule has 1 aliphatic carbocycles. The number of rotatable bonds is 4. The zero-order valence-corrected chi connectivity index (χ0v) is 12.1. The third kappa shape index (κ3) is 2.68. The molecule has 4 nitrogen and oxygen atoms in total. The van der Waals surface area contributed by atoms with E-state index in [1.165, 1.54) is 0 Å². The molecular weight excluding hydrogens is 272 g/mol. The van der Waals surface area contributed by atoms with E-state index in [1.807, 2.05) is 18.2 Å².